The third-order valence-electron chi connectivity index (χ3n) is 6.10. The molecule has 3 aliphatic rings. The van der Waals surface area contributed by atoms with Crippen molar-refractivity contribution in [2.75, 3.05) is 7.05 Å². The zero-order valence-corrected chi connectivity index (χ0v) is 12.2. The van der Waals surface area contributed by atoms with Crippen molar-refractivity contribution in [3.8, 4) is 0 Å². The third-order valence-corrected chi connectivity index (χ3v) is 6.10. The molecule has 0 aliphatic heterocycles. The third kappa shape index (κ3) is 3.10. The molecular formula is C17H31N. The molecule has 3 aliphatic carbocycles. The van der Waals surface area contributed by atoms with E-state index in [4.69, 9.17) is 0 Å². The highest BCUT2D eigenvalue weighted by atomic mass is 14.9. The molecule has 0 bridgehead atoms. The van der Waals surface area contributed by atoms with Crippen molar-refractivity contribution in [2.24, 2.45) is 23.7 Å². The highest BCUT2D eigenvalue weighted by Gasteiger charge is 2.35. The maximum absolute atomic E-state index is 3.65. The molecule has 0 heterocycles. The first-order chi connectivity index (χ1) is 8.86. The van der Waals surface area contributed by atoms with Gasteiger partial charge in [-0.2, -0.15) is 0 Å². The summed E-state index contributed by atoms with van der Waals surface area (Å²) in [7, 11) is 2.20. The minimum atomic E-state index is 0.827. The summed E-state index contributed by atoms with van der Waals surface area (Å²) in [5.74, 6) is 4.30. The first-order valence-corrected chi connectivity index (χ1v) is 8.54. The number of rotatable bonds is 5. The Kier molecular flexibility index (Phi) is 4.28. The van der Waals surface area contributed by atoms with Gasteiger partial charge in [-0.05, 0) is 62.8 Å². The Morgan fingerprint density at radius 1 is 0.944 bits per heavy atom. The van der Waals surface area contributed by atoms with Crippen molar-refractivity contribution >= 4 is 0 Å². The molecule has 0 aromatic carbocycles. The van der Waals surface area contributed by atoms with Crippen LogP contribution in [-0.2, 0) is 0 Å². The second kappa shape index (κ2) is 5.94. The van der Waals surface area contributed by atoms with E-state index in [1.165, 1.54) is 51.4 Å². The second-order valence-electron chi connectivity index (χ2n) is 7.29. The van der Waals surface area contributed by atoms with Crippen LogP contribution in [0.25, 0.3) is 0 Å². The summed E-state index contributed by atoms with van der Waals surface area (Å²) < 4.78 is 0. The van der Waals surface area contributed by atoms with E-state index >= 15 is 0 Å². The van der Waals surface area contributed by atoms with Crippen LogP contribution in [0, 0.1) is 23.7 Å². The average molecular weight is 249 g/mol. The van der Waals surface area contributed by atoms with Crippen molar-refractivity contribution in [1.82, 2.24) is 5.32 Å². The summed E-state index contributed by atoms with van der Waals surface area (Å²) in [4.78, 5) is 0. The minimum absolute atomic E-state index is 0.827. The van der Waals surface area contributed by atoms with Gasteiger partial charge in [-0.25, -0.2) is 0 Å². The van der Waals surface area contributed by atoms with E-state index in [1.54, 1.807) is 19.3 Å². The van der Waals surface area contributed by atoms with E-state index in [1.807, 2.05) is 0 Å². The molecule has 1 nitrogen and oxygen atoms in total. The molecular weight excluding hydrogens is 218 g/mol. The van der Waals surface area contributed by atoms with Crippen molar-refractivity contribution in [3.63, 3.8) is 0 Å². The lowest BCUT2D eigenvalue weighted by Crippen LogP contribution is -2.39. The predicted octanol–water partition coefficient (Wildman–Crippen LogP) is 4.37. The molecule has 3 fully saturated rings. The lowest BCUT2D eigenvalue weighted by Gasteiger charge is -2.42. The van der Waals surface area contributed by atoms with Gasteiger partial charge in [0.2, 0.25) is 0 Å². The van der Waals surface area contributed by atoms with Crippen molar-refractivity contribution in [1.29, 1.82) is 0 Å². The molecule has 1 heteroatoms. The van der Waals surface area contributed by atoms with Gasteiger partial charge >= 0.3 is 0 Å². The van der Waals surface area contributed by atoms with Crippen molar-refractivity contribution in [2.45, 2.75) is 76.7 Å². The van der Waals surface area contributed by atoms with Crippen LogP contribution in [-0.4, -0.2) is 13.1 Å². The number of hydrogen-bond donors (Lipinski definition) is 1. The summed E-state index contributed by atoms with van der Waals surface area (Å²) in [6, 6.07) is 0.827. The lowest BCUT2D eigenvalue weighted by atomic mass is 9.65. The molecule has 0 aromatic rings. The SMILES string of the molecule is CNC(CCC1CC1)C1CCC2CCCCC2C1. The zero-order valence-electron chi connectivity index (χ0n) is 12.2. The van der Waals surface area contributed by atoms with E-state index in [0.29, 0.717) is 0 Å². The van der Waals surface area contributed by atoms with Crippen LogP contribution < -0.4 is 5.32 Å². The molecule has 18 heavy (non-hydrogen) atoms. The zero-order chi connectivity index (χ0) is 12.4. The number of fused-ring (bicyclic) bond motifs is 1. The van der Waals surface area contributed by atoms with E-state index in [-0.39, 0.29) is 0 Å². The standard InChI is InChI=1S/C17H31N/c1-18-17(11-8-13-6-7-13)16-10-9-14-4-2-3-5-15(14)12-16/h13-18H,2-12H2,1H3. The number of hydrogen-bond acceptors (Lipinski definition) is 1. The Bertz CT molecular complexity index is 258. The second-order valence-corrected chi connectivity index (χ2v) is 7.29. The Morgan fingerprint density at radius 3 is 2.44 bits per heavy atom. The summed E-state index contributed by atoms with van der Waals surface area (Å²) in [6.45, 7) is 0. The molecule has 4 atom stereocenters. The molecule has 3 rings (SSSR count). The maximum atomic E-state index is 3.65. The fraction of sp³-hybridized carbons (Fsp3) is 1.00. The minimum Gasteiger partial charge on any atom is -0.317 e. The monoisotopic (exact) mass is 249 g/mol. The molecule has 0 spiro atoms. The van der Waals surface area contributed by atoms with Crippen molar-refractivity contribution < 1.29 is 0 Å². The summed E-state index contributed by atoms with van der Waals surface area (Å²) >= 11 is 0. The maximum Gasteiger partial charge on any atom is 0.00925 e. The van der Waals surface area contributed by atoms with Gasteiger partial charge in [0.25, 0.3) is 0 Å². The van der Waals surface area contributed by atoms with Gasteiger partial charge in [0.1, 0.15) is 0 Å². The largest absolute Gasteiger partial charge is 0.317 e. The van der Waals surface area contributed by atoms with Gasteiger partial charge in [0, 0.05) is 6.04 Å². The van der Waals surface area contributed by atoms with Crippen LogP contribution in [0.4, 0.5) is 0 Å². The topological polar surface area (TPSA) is 12.0 Å². The summed E-state index contributed by atoms with van der Waals surface area (Å²) in [5.41, 5.74) is 0. The average Bonchev–Trinajstić information content (AvgIpc) is 3.23. The summed E-state index contributed by atoms with van der Waals surface area (Å²) in [6.07, 6.45) is 16.7. The van der Waals surface area contributed by atoms with E-state index in [0.717, 1.165) is 29.7 Å². The first-order valence-electron chi connectivity index (χ1n) is 8.54. The van der Waals surface area contributed by atoms with Gasteiger partial charge in [0.15, 0.2) is 0 Å². The molecule has 104 valence electrons. The summed E-state index contributed by atoms with van der Waals surface area (Å²) in [5, 5.41) is 3.65. The molecule has 4 unspecified atom stereocenters. The Hall–Kier alpha value is -0.0400. The quantitative estimate of drug-likeness (QED) is 0.763. The molecule has 3 saturated carbocycles. The van der Waals surface area contributed by atoms with Gasteiger partial charge in [0.05, 0.1) is 0 Å². The van der Waals surface area contributed by atoms with Crippen LogP contribution in [0.2, 0.25) is 0 Å². The van der Waals surface area contributed by atoms with Crippen LogP contribution in [0.3, 0.4) is 0 Å². The van der Waals surface area contributed by atoms with Crippen LogP contribution in [0.15, 0.2) is 0 Å². The Labute approximate surface area is 113 Å². The van der Waals surface area contributed by atoms with Gasteiger partial charge in [-0.1, -0.05) is 38.5 Å². The first kappa shape index (κ1) is 13.0. The molecule has 0 aromatic heterocycles. The predicted molar refractivity (Wildman–Crippen MR) is 77.6 cm³/mol. The highest BCUT2D eigenvalue weighted by Crippen LogP contribution is 2.44. The molecule has 0 amide bonds. The molecule has 0 radical (unpaired) electrons. The van der Waals surface area contributed by atoms with E-state index < -0.39 is 0 Å². The van der Waals surface area contributed by atoms with Crippen LogP contribution in [0.1, 0.15) is 70.6 Å². The van der Waals surface area contributed by atoms with E-state index in [2.05, 4.69) is 12.4 Å². The van der Waals surface area contributed by atoms with E-state index in [9.17, 15) is 0 Å². The lowest BCUT2D eigenvalue weighted by molar-refractivity contribution is 0.108. The normalized spacial score (nSPS) is 38.2. The molecule has 1 N–H and O–H groups in total. The Morgan fingerprint density at radius 2 is 1.72 bits per heavy atom. The van der Waals surface area contributed by atoms with Gasteiger partial charge in [-0.3, -0.25) is 0 Å². The van der Waals surface area contributed by atoms with Gasteiger partial charge < -0.3 is 5.32 Å². The molecule has 0 saturated heterocycles. The van der Waals surface area contributed by atoms with Crippen LogP contribution in [0.5, 0.6) is 0 Å². The van der Waals surface area contributed by atoms with Gasteiger partial charge in [-0.15, -0.1) is 0 Å². The van der Waals surface area contributed by atoms with Crippen LogP contribution >= 0.6 is 0 Å². The van der Waals surface area contributed by atoms with Crippen molar-refractivity contribution in [3.05, 3.63) is 0 Å². The Balaban J connectivity index is 1.50. The fourth-order valence-electron chi connectivity index (χ4n) is 4.71. The fourth-order valence-corrected chi connectivity index (χ4v) is 4.71. The number of nitrogens with one attached hydrogen (secondary N) is 1. The smallest absolute Gasteiger partial charge is 0.00925 e. The highest BCUT2D eigenvalue weighted by molar-refractivity contribution is 4.88.